The third-order valence-electron chi connectivity index (χ3n) is 7.54. The van der Waals surface area contributed by atoms with Crippen LogP contribution in [0.1, 0.15) is 46.1 Å². The summed E-state index contributed by atoms with van der Waals surface area (Å²) in [5, 5.41) is 1.21. The molecule has 2 heterocycles. The SMILES string of the molecule is C[C@@H](Cc1coc2ccccc12)B1O[C@@H]2CC3C[C@@H](C3(C)C)[C@]2(C)O1. The van der Waals surface area contributed by atoms with Gasteiger partial charge in [0.2, 0.25) is 0 Å². The minimum atomic E-state index is -0.115. The monoisotopic (exact) mass is 338 g/mol. The van der Waals surface area contributed by atoms with E-state index in [1.165, 1.54) is 17.4 Å². The maximum absolute atomic E-state index is 6.61. The molecule has 2 bridgehead atoms. The molecule has 0 amide bonds. The molecular formula is C21H27BO3. The summed E-state index contributed by atoms with van der Waals surface area (Å²) >= 11 is 0. The minimum Gasteiger partial charge on any atom is -0.464 e. The second-order valence-corrected chi connectivity index (χ2v) is 9.28. The molecule has 3 saturated carbocycles. The normalized spacial score (nSPS) is 37.0. The van der Waals surface area contributed by atoms with Crippen molar-refractivity contribution in [2.45, 2.75) is 64.5 Å². The van der Waals surface area contributed by atoms with Gasteiger partial charge in [0.15, 0.2) is 0 Å². The molecule has 2 aromatic rings. The molecule has 1 aromatic heterocycles. The fraction of sp³-hybridized carbons (Fsp3) is 0.619. The molecular weight excluding hydrogens is 311 g/mol. The first-order chi connectivity index (χ1) is 11.9. The summed E-state index contributed by atoms with van der Waals surface area (Å²) in [5.41, 5.74) is 2.49. The van der Waals surface area contributed by atoms with Gasteiger partial charge >= 0.3 is 7.12 Å². The lowest BCUT2D eigenvalue weighted by Gasteiger charge is -2.64. The van der Waals surface area contributed by atoms with E-state index in [0.29, 0.717) is 17.2 Å². The van der Waals surface area contributed by atoms with Crippen molar-refractivity contribution >= 4 is 18.1 Å². The van der Waals surface area contributed by atoms with Crippen LogP contribution in [0.15, 0.2) is 34.9 Å². The molecule has 132 valence electrons. The smallest absolute Gasteiger partial charge is 0.461 e. The molecule has 4 fully saturated rings. The number of furan rings is 1. The molecule has 3 nitrogen and oxygen atoms in total. The van der Waals surface area contributed by atoms with Gasteiger partial charge in [0, 0.05) is 5.39 Å². The molecule has 1 unspecified atom stereocenters. The lowest BCUT2D eigenvalue weighted by atomic mass is 9.43. The van der Waals surface area contributed by atoms with Crippen LogP contribution in [0.4, 0.5) is 0 Å². The predicted molar refractivity (Wildman–Crippen MR) is 99.5 cm³/mol. The molecule has 4 heteroatoms. The Morgan fingerprint density at radius 1 is 1.20 bits per heavy atom. The van der Waals surface area contributed by atoms with Crippen molar-refractivity contribution in [1.29, 1.82) is 0 Å². The second kappa shape index (κ2) is 5.14. The second-order valence-electron chi connectivity index (χ2n) is 9.28. The molecule has 1 aliphatic heterocycles. The van der Waals surface area contributed by atoms with E-state index >= 15 is 0 Å². The summed E-state index contributed by atoms with van der Waals surface area (Å²) in [7, 11) is -0.112. The van der Waals surface area contributed by atoms with E-state index in [-0.39, 0.29) is 18.8 Å². The van der Waals surface area contributed by atoms with Crippen LogP contribution in [0.5, 0.6) is 0 Å². The van der Waals surface area contributed by atoms with Crippen LogP contribution in [-0.4, -0.2) is 18.8 Å². The molecule has 25 heavy (non-hydrogen) atoms. The number of hydrogen-bond acceptors (Lipinski definition) is 3. The molecule has 0 spiro atoms. The van der Waals surface area contributed by atoms with Gasteiger partial charge < -0.3 is 13.7 Å². The zero-order chi connectivity index (χ0) is 17.4. The van der Waals surface area contributed by atoms with Gasteiger partial charge in [-0.15, -0.1) is 0 Å². The fourth-order valence-electron chi connectivity index (χ4n) is 5.78. The summed E-state index contributed by atoms with van der Waals surface area (Å²) in [6.07, 6.45) is 5.53. The Balaban J connectivity index is 1.35. The van der Waals surface area contributed by atoms with Gasteiger partial charge in [-0.3, -0.25) is 0 Å². The van der Waals surface area contributed by atoms with Crippen molar-refractivity contribution in [2.24, 2.45) is 17.3 Å². The van der Waals surface area contributed by atoms with E-state index in [1.54, 1.807) is 0 Å². The topological polar surface area (TPSA) is 31.6 Å². The van der Waals surface area contributed by atoms with Crippen LogP contribution >= 0.6 is 0 Å². The molecule has 0 radical (unpaired) electrons. The first-order valence-corrected chi connectivity index (χ1v) is 9.68. The summed E-state index contributed by atoms with van der Waals surface area (Å²) in [4.78, 5) is 0. The molecule has 1 saturated heterocycles. The van der Waals surface area contributed by atoms with Crippen LogP contribution in [-0.2, 0) is 15.7 Å². The zero-order valence-corrected chi connectivity index (χ0v) is 15.6. The van der Waals surface area contributed by atoms with Crippen LogP contribution in [0.3, 0.4) is 0 Å². The quantitative estimate of drug-likeness (QED) is 0.730. The Labute approximate surface area is 150 Å². The first kappa shape index (κ1) is 16.0. The van der Waals surface area contributed by atoms with Crippen molar-refractivity contribution in [2.75, 3.05) is 0 Å². The lowest BCUT2D eigenvalue weighted by molar-refractivity contribution is -0.199. The van der Waals surface area contributed by atoms with E-state index in [9.17, 15) is 0 Å². The molecule has 0 N–H and O–H groups in total. The van der Waals surface area contributed by atoms with E-state index in [2.05, 4.69) is 39.8 Å². The summed E-state index contributed by atoms with van der Waals surface area (Å²) < 4.78 is 18.7. The number of rotatable bonds is 3. The highest BCUT2D eigenvalue weighted by molar-refractivity contribution is 6.47. The summed E-state index contributed by atoms with van der Waals surface area (Å²) in [6.45, 7) is 9.35. The van der Waals surface area contributed by atoms with Gasteiger partial charge in [0.05, 0.1) is 18.0 Å². The van der Waals surface area contributed by atoms with Gasteiger partial charge in [-0.05, 0) is 60.9 Å². The van der Waals surface area contributed by atoms with E-state index in [4.69, 9.17) is 13.7 Å². The van der Waals surface area contributed by atoms with Crippen LogP contribution < -0.4 is 0 Å². The van der Waals surface area contributed by atoms with Gasteiger partial charge in [0.25, 0.3) is 0 Å². The highest BCUT2D eigenvalue weighted by Gasteiger charge is 2.68. The van der Waals surface area contributed by atoms with Gasteiger partial charge in [-0.25, -0.2) is 0 Å². The molecule has 6 rings (SSSR count). The molecule has 4 aliphatic rings. The molecule has 5 atom stereocenters. The molecule has 1 aromatic carbocycles. The maximum Gasteiger partial charge on any atom is 0.461 e. The molecule has 3 aliphatic carbocycles. The van der Waals surface area contributed by atoms with Crippen LogP contribution in [0, 0.1) is 17.3 Å². The van der Waals surface area contributed by atoms with Gasteiger partial charge in [-0.1, -0.05) is 39.0 Å². The lowest BCUT2D eigenvalue weighted by Crippen LogP contribution is -2.65. The fourth-order valence-corrected chi connectivity index (χ4v) is 5.78. The third kappa shape index (κ3) is 2.13. The Kier molecular flexibility index (Phi) is 3.28. The summed E-state index contributed by atoms with van der Waals surface area (Å²) in [5.74, 6) is 1.73. The van der Waals surface area contributed by atoms with Crippen molar-refractivity contribution in [3.63, 3.8) is 0 Å². The Morgan fingerprint density at radius 3 is 2.80 bits per heavy atom. The van der Waals surface area contributed by atoms with Gasteiger partial charge in [-0.2, -0.15) is 0 Å². The van der Waals surface area contributed by atoms with E-state index in [0.717, 1.165) is 24.3 Å². The standard InChI is InChI=1S/C21H27BO3/c1-13(9-14-12-23-17-8-6-5-7-16(14)17)22-24-19-11-15-10-18(20(15,2)3)21(19,4)25-22/h5-8,12-13,15,18-19H,9-11H2,1-4H3/t13-,15?,18-,19+,21-/m0/s1. The van der Waals surface area contributed by atoms with Crippen LogP contribution in [0.2, 0.25) is 5.82 Å². The van der Waals surface area contributed by atoms with E-state index < -0.39 is 0 Å². The van der Waals surface area contributed by atoms with E-state index in [1.807, 2.05) is 18.4 Å². The number of para-hydroxylation sites is 1. The van der Waals surface area contributed by atoms with Crippen molar-refractivity contribution < 1.29 is 13.7 Å². The number of fused-ring (bicyclic) bond motifs is 1. The Hall–Kier alpha value is -1.26. The Bertz CT molecular complexity index is 812. The zero-order valence-electron chi connectivity index (χ0n) is 15.6. The highest BCUT2D eigenvalue weighted by Crippen LogP contribution is 2.66. The van der Waals surface area contributed by atoms with Crippen molar-refractivity contribution in [3.05, 3.63) is 36.1 Å². The minimum absolute atomic E-state index is 0.112. The average molecular weight is 338 g/mol. The predicted octanol–water partition coefficient (Wildman–Crippen LogP) is 5.09. The van der Waals surface area contributed by atoms with Crippen LogP contribution in [0.25, 0.3) is 11.0 Å². The maximum atomic E-state index is 6.61. The first-order valence-electron chi connectivity index (χ1n) is 9.68. The average Bonchev–Trinajstić information content (AvgIpc) is 3.15. The highest BCUT2D eigenvalue weighted by atomic mass is 16.7. The number of benzene rings is 1. The third-order valence-corrected chi connectivity index (χ3v) is 7.54. The summed E-state index contributed by atoms with van der Waals surface area (Å²) in [6, 6.07) is 8.24. The number of hydrogen-bond donors (Lipinski definition) is 0. The van der Waals surface area contributed by atoms with Crippen molar-refractivity contribution in [1.82, 2.24) is 0 Å². The Morgan fingerprint density at radius 2 is 2.00 bits per heavy atom. The van der Waals surface area contributed by atoms with Gasteiger partial charge in [0.1, 0.15) is 5.58 Å². The van der Waals surface area contributed by atoms with Crippen molar-refractivity contribution in [3.8, 4) is 0 Å². The largest absolute Gasteiger partial charge is 0.464 e.